The smallest absolute Gasteiger partial charge is 0.223 e. The van der Waals surface area contributed by atoms with Crippen molar-refractivity contribution in [1.29, 1.82) is 0 Å². The van der Waals surface area contributed by atoms with Crippen LogP contribution in [0.15, 0.2) is 0 Å². The number of ether oxygens (including phenoxy) is 1. The molecule has 1 amide bonds. The predicted octanol–water partition coefficient (Wildman–Crippen LogP) is 1.12. The number of hydrogen-bond acceptors (Lipinski definition) is 3. The molecule has 2 rings (SSSR count). The molecular weight excluding hydrogens is 228 g/mol. The number of fused-ring (bicyclic) bond motifs is 1. The van der Waals surface area contributed by atoms with Gasteiger partial charge in [0.25, 0.3) is 0 Å². The molecule has 0 spiro atoms. The largest absolute Gasteiger partial charge is 0.384 e. The quantitative estimate of drug-likeness (QED) is 0.817. The van der Waals surface area contributed by atoms with Crippen molar-refractivity contribution >= 4 is 5.91 Å². The highest BCUT2D eigenvalue weighted by atomic mass is 16.5. The molecule has 2 aliphatic heterocycles. The van der Waals surface area contributed by atoms with Crippen molar-refractivity contribution in [3.63, 3.8) is 0 Å². The number of carbonyl (C=O) groups excluding carboxylic acids is 1. The molecule has 0 bridgehead atoms. The van der Waals surface area contributed by atoms with Crippen molar-refractivity contribution in [3.8, 4) is 0 Å². The molecule has 2 fully saturated rings. The van der Waals surface area contributed by atoms with Gasteiger partial charge in [-0.1, -0.05) is 6.92 Å². The Balaban J connectivity index is 1.99. The number of hydrogen-bond donors (Lipinski definition) is 1. The lowest BCUT2D eigenvalue weighted by Gasteiger charge is -2.36. The van der Waals surface area contributed by atoms with Gasteiger partial charge in [0.05, 0.1) is 0 Å². The molecule has 18 heavy (non-hydrogen) atoms. The van der Waals surface area contributed by atoms with E-state index in [-0.39, 0.29) is 5.54 Å². The van der Waals surface area contributed by atoms with Crippen LogP contribution in [0.5, 0.6) is 0 Å². The van der Waals surface area contributed by atoms with E-state index in [4.69, 9.17) is 4.74 Å². The zero-order valence-electron chi connectivity index (χ0n) is 12.0. The Bertz CT molecular complexity index is 317. The van der Waals surface area contributed by atoms with Crippen LogP contribution in [-0.4, -0.2) is 49.7 Å². The summed E-state index contributed by atoms with van der Waals surface area (Å²) in [5.74, 6) is 1.84. The third-order valence-electron chi connectivity index (χ3n) is 4.64. The molecule has 0 aromatic heterocycles. The number of likely N-dealkylation sites (tertiary alicyclic amines) is 1. The summed E-state index contributed by atoms with van der Waals surface area (Å²) in [5, 5.41) is 3.44. The molecule has 2 aliphatic rings. The summed E-state index contributed by atoms with van der Waals surface area (Å²) in [5.41, 5.74) is -0.00194. The molecule has 0 aromatic carbocycles. The fourth-order valence-electron chi connectivity index (χ4n) is 3.60. The summed E-state index contributed by atoms with van der Waals surface area (Å²) in [7, 11) is 1.69. The molecule has 4 nitrogen and oxygen atoms in total. The van der Waals surface area contributed by atoms with Crippen LogP contribution in [0.2, 0.25) is 0 Å². The molecule has 3 unspecified atom stereocenters. The molecule has 0 aromatic rings. The van der Waals surface area contributed by atoms with Gasteiger partial charge in [0, 0.05) is 45.3 Å². The molecule has 0 aliphatic carbocycles. The molecule has 2 heterocycles. The minimum absolute atomic E-state index is 0.00194. The van der Waals surface area contributed by atoms with E-state index in [1.54, 1.807) is 7.11 Å². The van der Waals surface area contributed by atoms with Gasteiger partial charge in [-0.2, -0.15) is 0 Å². The summed E-state index contributed by atoms with van der Waals surface area (Å²) in [4.78, 5) is 14.5. The maximum absolute atomic E-state index is 12.4. The van der Waals surface area contributed by atoms with E-state index in [0.717, 1.165) is 19.6 Å². The Morgan fingerprint density at radius 3 is 2.83 bits per heavy atom. The Labute approximate surface area is 110 Å². The number of nitrogens with zero attached hydrogens (tertiary/aromatic N) is 1. The van der Waals surface area contributed by atoms with Crippen molar-refractivity contribution in [2.24, 2.45) is 17.8 Å². The average molecular weight is 254 g/mol. The van der Waals surface area contributed by atoms with E-state index in [9.17, 15) is 4.79 Å². The van der Waals surface area contributed by atoms with Crippen molar-refractivity contribution < 1.29 is 9.53 Å². The average Bonchev–Trinajstić information content (AvgIpc) is 2.81. The van der Waals surface area contributed by atoms with Crippen LogP contribution in [0.3, 0.4) is 0 Å². The summed E-state index contributed by atoms with van der Waals surface area (Å²) < 4.78 is 5.11. The zero-order valence-corrected chi connectivity index (χ0v) is 12.0. The number of nitrogens with one attached hydrogen (secondary N) is 1. The van der Waals surface area contributed by atoms with E-state index in [1.165, 1.54) is 0 Å². The van der Waals surface area contributed by atoms with Crippen molar-refractivity contribution in [3.05, 3.63) is 0 Å². The minimum atomic E-state index is -0.00194. The van der Waals surface area contributed by atoms with Gasteiger partial charge in [-0.05, 0) is 31.6 Å². The first-order valence-electron chi connectivity index (χ1n) is 6.97. The topological polar surface area (TPSA) is 41.6 Å². The van der Waals surface area contributed by atoms with Crippen LogP contribution in [0.1, 0.15) is 27.2 Å². The maximum Gasteiger partial charge on any atom is 0.223 e. The molecule has 0 saturated carbocycles. The molecule has 1 N–H and O–H groups in total. The first kappa shape index (κ1) is 13.8. The Morgan fingerprint density at radius 2 is 2.22 bits per heavy atom. The van der Waals surface area contributed by atoms with E-state index >= 15 is 0 Å². The van der Waals surface area contributed by atoms with E-state index in [1.807, 2.05) is 0 Å². The van der Waals surface area contributed by atoms with Gasteiger partial charge < -0.3 is 15.0 Å². The van der Waals surface area contributed by atoms with Crippen LogP contribution < -0.4 is 5.32 Å². The molecule has 2 saturated heterocycles. The highest BCUT2D eigenvalue weighted by Gasteiger charge is 2.51. The standard InChI is InChI=1S/C14H26N2O2/c1-10(9-18-4)5-13(17)16-8-11-6-15-7-12(11)14(16,2)3/h10-12,15H,5-9H2,1-4H3. The Kier molecular flexibility index (Phi) is 3.97. The molecule has 104 valence electrons. The maximum atomic E-state index is 12.4. The molecule has 3 atom stereocenters. The van der Waals surface area contributed by atoms with Gasteiger partial charge in [0.2, 0.25) is 5.91 Å². The van der Waals surface area contributed by atoms with Gasteiger partial charge in [0.1, 0.15) is 0 Å². The summed E-state index contributed by atoms with van der Waals surface area (Å²) in [6, 6.07) is 0. The number of methoxy groups -OCH3 is 1. The second kappa shape index (κ2) is 5.17. The lowest BCUT2D eigenvalue weighted by Crippen LogP contribution is -2.48. The van der Waals surface area contributed by atoms with E-state index < -0.39 is 0 Å². The minimum Gasteiger partial charge on any atom is -0.384 e. The van der Waals surface area contributed by atoms with Crippen LogP contribution in [0.25, 0.3) is 0 Å². The summed E-state index contributed by atoms with van der Waals surface area (Å²) in [6.07, 6.45) is 0.601. The Morgan fingerprint density at radius 1 is 1.50 bits per heavy atom. The van der Waals surface area contributed by atoms with Gasteiger partial charge in [-0.3, -0.25) is 4.79 Å². The Hall–Kier alpha value is -0.610. The number of rotatable bonds is 4. The zero-order chi connectivity index (χ0) is 13.3. The summed E-state index contributed by atoms with van der Waals surface area (Å²) in [6.45, 7) is 10.2. The van der Waals surface area contributed by atoms with Gasteiger partial charge >= 0.3 is 0 Å². The van der Waals surface area contributed by atoms with Crippen molar-refractivity contribution in [2.45, 2.75) is 32.7 Å². The number of amides is 1. The molecular formula is C14H26N2O2. The van der Waals surface area contributed by atoms with Gasteiger partial charge in [0.15, 0.2) is 0 Å². The molecule has 0 radical (unpaired) electrons. The summed E-state index contributed by atoms with van der Waals surface area (Å²) >= 11 is 0. The van der Waals surface area contributed by atoms with Gasteiger partial charge in [-0.15, -0.1) is 0 Å². The monoisotopic (exact) mass is 254 g/mol. The number of carbonyl (C=O) groups is 1. The second-order valence-electron chi connectivity index (χ2n) is 6.45. The highest BCUT2D eigenvalue weighted by molar-refractivity contribution is 5.77. The lowest BCUT2D eigenvalue weighted by molar-refractivity contribution is -0.136. The first-order chi connectivity index (χ1) is 8.46. The fourth-order valence-corrected chi connectivity index (χ4v) is 3.60. The van der Waals surface area contributed by atoms with Crippen LogP contribution in [0, 0.1) is 17.8 Å². The van der Waals surface area contributed by atoms with E-state index in [2.05, 4.69) is 31.0 Å². The second-order valence-corrected chi connectivity index (χ2v) is 6.45. The molecule has 4 heteroatoms. The van der Waals surface area contributed by atoms with E-state index in [0.29, 0.717) is 36.7 Å². The van der Waals surface area contributed by atoms with Crippen molar-refractivity contribution in [2.75, 3.05) is 33.4 Å². The SMILES string of the molecule is COCC(C)CC(=O)N1CC2CNCC2C1(C)C. The van der Waals surface area contributed by atoms with Crippen LogP contribution in [0.4, 0.5) is 0 Å². The van der Waals surface area contributed by atoms with Gasteiger partial charge in [-0.25, -0.2) is 0 Å². The normalized spacial score (nSPS) is 31.4. The van der Waals surface area contributed by atoms with Crippen LogP contribution >= 0.6 is 0 Å². The third kappa shape index (κ3) is 2.41. The first-order valence-corrected chi connectivity index (χ1v) is 6.97. The third-order valence-corrected chi connectivity index (χ3v) is 4.64. The van der Waals surface area contributed by atoms with Crippen LogP contribution in [-0.2, 0) is 9.53 Å². The predicted molar refractivity (Wildman–Crippen MR) is 71.3 cm³/mol. The fraction of sp³-hybridized carbons (Fsp3) is 0.929. The lowest BCUT2D eigenvalue weighted by atomic mass is 9.84. The van der Waals surface area contributed by atoms with Crippen molar-refractivity contribution in [1.82, 2.24) is 10.2 Å². The highest BCUT2D eigenvalue weighted by Crippen LogP contribution is 2.40.